The van der Waals surface area contributed by atoms with Crippen molar-refractivity contribution in [2.24, 2.45) is 5.92 Å². The molecule has 4 heteroatoms. The van der Waals surface area contributed by atoms with Crippen molar-refractivity contribution in [3.05, 3.63) is 0 Å². The lowest BCUT2D eigenvalue weighted by Gasteiger charge is -2.37. The lowest BCUT2D eigenvalue weighted by atomic mass is 9.92. The van der Waals surface area contributed by atoms with Gasteiger partial charge in [0, 0.05) is 25.7 Å². The maximum Gasteiger partial charge on any atom is 0.306 e. The van der Waals surface area contributed by atoms with E-state index in [1.54, 1.807) is 0 Å². The molecule has 0 aromatic heterocycles. The number of carbonyl (C=O) groups is 1. The first-order chi connectivity index (χ1) is 7.69. The van der Waals surface area contributed by atoms with Crippen LogP contribution >= 0.6 is 0 Å². The molecule has 1 heterocycles. The van der Waals surface area contributed by atoms with Crippen molar-refractivity contribution in [2.45, 2.75) is 32.2 Å². The van der Waals surface area contributed by atoms with Crippen molar-refractivity contribution < 1.29 is 9.53 Å². The van der Waals surface area contributed by atoms with Gasteiger partial charge >= 0.3 is 5.97 Å². The van der Waals surface area contributed by atoms with Crippen LogP contribution in [0.25, 0.3) is 0 Å². The van der Waals surface area contributed by atoms with E-state index in [1.165, 1.54) is 20.0 Å². The van der Waals surface area contributed by atoms with Gasteiger partial charge in [0.2, 0.25) is 0 Å². The average molecular weight is 228 g/mol. The molecule has 4 nitrogen and oxygen atoms in total. The van der Waals surface area contributed by atoms with Crippen molar-refractivity contribution in [3.8, 4) is 0 Å². The molecule has 0 spiro atoms. The van der Waals surface area contributed by atoms with E-state index >= 15 is 0 Å². The van der Waals surface area contributed by atoms with Gasteiger partial charge in [0.25, 0.3) is 0 Å². The molecule has 2 unspecified atom stereocenters. The van der Waals surface area contributed by atoms with Crippen LogP contribution in [0.3, 0.4) is 0 Å². The summed E-state index contributed by atoms with van der Waals surface area (Å²) in [6.07, 6.45) is 2.97. The number of esters is 1. The highest BCUT2D eigenvalue weighted by atomic mass is 16.5. The monoisotopic (exact) mass is 228 g/mol. The van der Waals surface area contributed by atoms with E-state index in [1.807, 2.05) is 7.05 Å². The highest BCUT2D eigenvalue weighted by molar-refractivity contribution is 5.69. The summed E-state index contributed by atoms with van der Waals surface area (Å²) >= 11 is 0. The molecule has 1 saturated heterocycles. The van der Waals surface area contributed by atoms with Crippen LogP contribution in [0.2, 0.25) is 0 Å². The lowest BCUT2D eigenvalue weighted by molar-refractivity contribution is -0.141. The Labute approximate surface area is 98.3 Å². The first-order valence-electron chi connectivity index (χ1n) is 6.16. The van der Waals surface area contributed by atoms with Gasteiger partial charge in [-0.3, -0.25) is 4.79 Å². The second-order valence-electron chi connectivity index (χ2n) is 4.58. The van der Waals surface area contributed by atoms with Gasteiger partial charge in [0.15, 0.2) is 0 Å². The van der Waals surface area contributed by atoms with Crippen LogP contribution in [0.1, 0.15) is 26.2 Å². The van der Waals surface area contributed by atoms with Gasteiger partial charge in [0.1, 0.15) is 0 Å². The third kappa shape index (κ3) is 4.10. The molecule has 0 amide bonds. The van der Waals surface area contributed by atoms with E-state index in [0.717, 1.165) is 25.6 Å². The summed E-state index contributed by atoms with van der Waals surface area (Å²) in [4.78, 5) is 13.5. The van der Waals surface area contributed by atoms with Gasteiger partial charge in [-0.2, -0.15) is 0 Å². The van der Waals surface area contributed by atoms with E-state index in [-0.39, 0.29) is 5.97 Å². The van der Waals surface area contributed by atoms with E-state index < -0.39 is 0 Å². The number of rotatable bonds is 5. The fourth-order valence-corrected chi connectivity index (χ4v) is 2.34. The van der Waals surface area contributed by atoms with Crippen molar-refractivity contribution in [1.82, 2.24) is 10.2 Å². The molecule has 2 atom stereocenters. The Morgan fingerprint density at radius 1 is 1.50 bits per heavy atom. The second-order valence-corrected chi connectivity index (χ2v) is 4.58. The fourth-order valence-electron chi connectivity index (χ4n) is 2.34. The molecule has 0 radical (unpaired) electrons. The maximum atomic E-state index is 11.1. The number of likely N-dealkylation sites (tertiary alicyclic amines) is 1. The molecular weight excluding hydrogens is 204 g/mol. The molecule has 1 fully saturated rings. The van der Waals surface area contributed by atoms with Gasteiger partial charge < -0.3 is 15.0 Å². The number of hydrogen-bond donors (Lipinski definition) is 1. The molecule has 1 N–H and O–H groups in total. The van der Waals surface area contributed by atoms with Crippen LogP contribution in [-0.2, 0) is 9.53 Å². The second kappa shape index (κ2) is 6.86. The number of methoxy groups -OCH3 is 1. The molecule has 0 bridgehead atoms. The molecule has 16 heavy (non-hydrogen) atoms. The van der Waals surface area contributed by atoms with Crippen LogP contribution in [0.5, 0.6) is 0 Å². The molecule has 0 saturated carbocycles. The molecule has 94 valence electrons. The van der Waals surface area contributed by atoms with Crippen molar-refractivity contribution in [3.63, 3.8) is 0 Å². The fraction of sp³-hybridized carbons (Fsp3) is 0.917. The van der Waals surface area contributed by atoms with Crippen LogP contribution in [0.15, 0.2) is 0 Å². The molecule has 0 aromatic carbocycles. The van der Waals surface area contributed by atoms with Crippen molar-refractivity contribution in [2.75, 3.05) is 33.8 Å². The van der Waals surface area contributed by atoms with Crippen molar-refractivity contribution >= 4 is 5.97 Å². The first kappa shape index (κ1) is 13.5. The predicted molar refractivity (Wildman–Crippen MR) is 64.3 cm³/mol. The molecular formula is C12H24N2O2. The van der Waals surface area contributed by atoms with Gasteiger partial charge in [-0.15, -0.1) is 0 Å². The smallest absolute Gasteiger partial charge is 0.306 e. The third-order valence-electron chi connectivity index (χ3n) is 3.46. The minimum absolute atomic E-state index is 0.111. The molecule has 0 aliphatic carbocycles. The Bertz CT molecular complexity index is 209. The molecule has 1 aliphatic heterocycles. The van der Waals surface area contributed by atoms with E-state index in [2.05, 4.69) is 21.9 Å². The summed E-state index contributed by atoms with van der Waals surface area (Å²) in [5, 5.41) is 3.34. The molecule has 1 aliphatic rings. The number of nitrogens with one attached hydrogen (secondary N) is 1. The topological polar surface area (TPSA) is 41.6 Å². The van der Waals surface area contributed by atoms with Gasteiger partial charge in [-0.05, 0) is 19.4 Å². The minimum atomic E-state index is -0.111. The number of likely N-dealkylation sites (N-methyl/N-ethyl adjacent to an activating group) is 1. The normalized spacial score (nSPS) is 26.7. The largest absolute Gasteiger partial charge is 0.469 e. The van der Waals surface area contributed by atoms with E-state index in [4.69, 9.17) is 0 Å². The van der Waals surface area contributed by atoms with Crippen LogP contribution < -0.4 is 5.32 Å². The Morgan fingerprint density at radius 3 is 2.81 bits per heavy atom. The van der Waals surface area contributed by atoms with Gasteiger partial charge in [0.05, 0.1) is 13.5 Å². The summed E-state index contributed by atoms with van der Waals surface area (Å²) in [6.45, 7) is 5.22. The number of ether oxygens (including phenoxy) is 1. The average Bonchev–Trinajstić information content (AvgIpc) is 2.35. The maximum absolute atomic E-state index is 11.1. The summed E-state index contributed by atoms with van der Waals surface area (Å²) in [7, 11) is 3.46. The Balaban J connectivity index is 2.37. The number of carbonyl (C=O) groups excluding carboxylic acids is 1. The Hall–Kier alpha value is -0.610. The summed E-state index contributed by atoms with van der Waals surface area (Å²) in [6, 6.07) is 0.566. The molecule has 0 aromatic rings. The zero-order valence-corrected chi connectivity index (χ0v) is 10.7. The van der Waals surface area contributed by atoms with Gasteiger partial charge in [-0.1, -0.05) is 13.3 Å². The van der Waals surface area contributed by atoms with E-state index in [9.17, 15) is 4.79 Å². The zero-order chi connectivity index (χ0) is 12.0. The quantitative estimate of drug-likeness (QED) is 0.709. The Kier molecular flexibility index (Phi) is 5.77. The first-order valence-corrected chi connectivity index (χ1v) is 6.16. The van der Waals surface area contributed by atoms with Crippen LogP contribution in [0.4, 0.5) is 0 Å². The lowest BCUT2D eigenvalue weighted by Crippen LogP contribution is -2.48. The zero-order valence-electron chi connectivity index (χ0n) is 10.7. The summed E-state index contributed by atoms with van der Waals surface area (Å²) in [5.74, 6) is 0.642. The molecule has 1 rings (SSSR count). The van der Waals surface area contributed by atoms with E-state index in [0.29, 0.717) is 12.5 Å². The highest BCUT2D eigenvalue weighted by Crippen LogP contribution is 2.19. The third-order valence-corrected chi connectivity index (χ3v) is 3.46. The standard InChI is InChI=1S/C12H24N2O2/c1-4-10-7-11(13-2)9-14(8-10)6-5-12(15)16-3/h10-11,13H,4-9H2,1-3H3. The SMILES string of the molecule is CCC1CC(NC)CN(CCC(=O)OC)C1. The van der Waals surface area contributed by atoms with Crippen molar-refractivity contribution in [1.29, 1.82) is 0 Å². The number of piperidine rings is 1. The Morgan fingerprint density at radius 2 is 2.25 bits per heavy atom. The number of nitrogens with zero attached hydrogens (tertiary/aromatic N) is 1. The van der Waals surface area contributed by atoms with Gasteiger partial charge in [-0.25, -0.2) is 0 Å². The highest BCUT2D eigenvalue weighted by Gasteiger charge is 2.25. The number of hydrogen-bond acceptors (Lipinski definition) is 4. The predicted octanol–water partition coefficient (Wildman–Crippen LogP) is 0.869. The van der Waals surface area contributed by atoms with Crippen LogP contribution in [-0.4, -0.2) is 50.7 Å². The summed E-state index contributed by atoms with van der Waals surface area (Å²) in [5.41, 5.74) is 0. The van der Waals surface area contributed by atoms with Crippen LogP contribution in [0, 0.1) is 5.92 Å². The summed E-state index contributed by atoms with van der Waals surface area (Å²) < 4.78 is 4.67. The minimum Gasteiger partial charge on any atom is -0.469 e.